The van der Waals surface area contributed by atoms with Gasteiger partial charge in [-0.25, -0.2) is 14.6 Å². The van der Waals surface area contributed by atoms with Gasteiger partial charge in [-0.05, 0) is 54.1 Å². The maximum absolute atomic E-state index is 12.6. The Balaban J connectivity index is 1.28. The quantitative estimate of drug-likeness (QED) is 0.251. The molecule has 0 radical (unpaired) electrons. The summed E-state index contributed by atoms with van der Waals surface area (Å²) in [7, 11) is 0. The third kappa shape index (κ3) is 7.61. The molecule has 4 amide bonds. The zero-order valence-corrected chi connectivity index (χ0v) is 20.6. The lowest BCUT2D eigenvalue weighted by molar-refractivity contribution is -0.115. The van der Waals surface area contributed by atoms with E-state index in [1.807, 2.05) is 6.07 Å². The first-order valence-electron chi connectivity index (χ1n) is 11.2. The first-order valence-corrected chi connectivity index (χ1v) is 12.1. The number of carbonyl (C=O) groups is 3. The lowest BCUT2D eigenvalue weighted by atomic mass is 10.2. The van der Waals surface area contributed by atoms with Crippen LogP contribution in [0.25, 0.3) is 0 Å². The lowest BCUT2D eigenvalue weighted by Gasteiger charge is -2.13. The number of anilines is 4. The number of ether oxygens (including phenoxy) is 1. The second kappa shape index (κ2) is 12.6. The van der Waals surface area contributed by atoms with Crippen molar-refractivity contribution in [2.24, 2.45) is 0 Å². The fourth-order valence-corrected chi connectivity index (χ4v) is 3.87. The second-order valence-corrected chi connectivity index (χ2v) is 8.60. The number of urea groups is 1. The number of nitrogens with zero attached hydrogens (tertiary/aromatic N) is 3. The summed E-state index contributed by atoms with van der Waals surface area (Å²) >= 11 is 1.17. The van der Waals surface area contributed by atoms with E-state index in [-0.39, 0.29) is 18.9 Å². The highest BCUT2D eigenvalue weighted by molar-refractivity contribution is 7.13. The highest BCUT2D eigenvalue weighted by Crippen LogP contribution is 2.22. The highest BCUT2D eigenvalue weighted by Gasteiger charge is 2.13. The van der Waals surface area contributed by atoms with Crippen molar-refractivity contribution in [3.8, 4) is 6.07 Å². The molecule has 0 spiro atoms. The Kier molecular flexibility index (Phi) is 8.56. The largest absolute Gasteiger partial charge is 0.444 e. The van der Waals surface area contributed by atoms with Crippen molar-refractivity contribution < 1.29 is 19.1 Å². The molecule has 4 aromatic rings. The fourth-order valence-electron chi connectivity index (χ4n) is 3.17. The van der Waals surface area contributed by atoms with Crippen molar-refractivity contribution in [2.45, 2.75) is 13.0 Å². The van der Waals surface area contributed by atoms with Gasteiger partial charge in [-0.15, -0.1) is 11.3 Å². The van der Waals surface area contributed by atoms with Gasteiger partial charge in [-0.3, -0.25) is 15.1 Å². The number of para-hydroxylation sites is 2. The van der Waals surface area contributed by atoms with E-state index in [1.54, 1.807) is 78.4 Å². The van der Waals surface area contributed by atoms with Crippen LogP contribution in [-0.4, -0.2) is 28.0 Å². The highest BCUT2D eigenvalue weighted by atomic mass is 32.1. The van der Waals surface area contributed by atoms with Gasteiger partial charge >= 0.3 is 12.1 Å². The first kappa shape index (κ1) is 25.8. The molecule has 190 valence electrons. The van der Waals surface area contributed by atoms with Crippen LogP contribution in [0, 0.1) is 11.3 Å². The van der Waals surface area contributed by atoms with Crippen LogP contribution in [0.3, 0.4) is 0 Å². The molecule has 4 N–H and O–H groups in total. The van der Waals surface area contributed by atoms with Crippen LogP contribution < -0.4 is 21.3 Å². The molecule has 0 saturated carbocycles. The summed E-state index contributed by atoms with van der Waals surface area (Å²) in [6.45, 7) is 0.0912. The summed E-state index contributed by atoms with van der Waals surface area (Å²) < 4.78 is 5.15. The zero-order valence-electron chi connectivity index (χ0n) is 19.8. The molecule has 0 unspecified atom stereocenters. The Morgan fingerprint density at radius 2 is 1.61 bits per heavy atom. The molecule has 0 bridgehead atoms. The topological polar surface area (TPSA) is 158 Å². The molecular formula is C26H21N7O4S. The molecule has 4 rings (SSSR count). The van der Waals surface area contributed by atoms with E-state index in [9.17, 15) is 14.4 Å². The van der Waals surface area contributed by atoms with Crippen LogP contribution in [0.1, 0.15) is 16.8 Å². The van der Waals surface area contributed by atoms with E-state index >= 15 is 0 Å². The molecule has 2 aromatic heterocycles. The molecule has 0 aliphatic rings. The minimum atomic E-state index is -0.661. The summed E-state index contributed by atoms with van der Waals surface area (Å²) in [4.78, 5) is 45.2. The zero-order chi connectivity index (χ0) is 26.7. The average molecular weight is 528 g/mol. The number of nitriles is 1. The number of nitrogens with one attached hydrogen (secondary N) is 4. The molecule has 0 aliphatic carbocycles. The summed E-state index contributed by atoms with van der Waals surface area (Å²) in [5.74, 6) is -0.358. The van der Waals surface area contributed by atoms with E-state index in [0.717, 1.165) is 5.56 Å². The SMILES string of the molecule is N#Cc1ccc(NC(=O)Nc2ccccc2NC(=O)Cc2csc(NC(=O)OCc3ccncc3)n2)cc1. The van der Waals surface area contributed by atoms with Crippen molar-refractivity contribution in [3.63, 3.8) is 0 Å². The summed E-state index contributed by atoms with van der Waals surface area (Å²) in [5.41, 5.74) is 3.05. The van der Waals surface area contributed by atoms with Gasteiger partial charge in [-0.1, -0.05) is 12.1 Å². The van der Waals surface area contributed by atoms with Gasteiger partial charge in [0.1, 0.15) is 6.61 Å². The first-order chi connectivity index (χ1) is 18.5. The van der Waals surface area contributed by atoms with Crippen LogP contribution in [0.15, 0.2) is 78.4 Å². The van der Waals surface area contributed by atoms with Gasteiger partial charge in [0, 0.05) is 23.5 Å². The Labute approximate surface area is 221 Å². The second-order valence-electron chi connectivity index (χ2n) is 7.74. The molecule has 0 atom stereocenters. The Bertz CT molecular complexity index is 1470. The molecule has 12 heteroatoms. The standard InChI is InChI=1S/C26H21N7O4S/c27-14-17-5-7-19(8-6-17)29-24(35)32-22-4-2-1-3-21(22)31-23(34)13-20-16-38-25(30-20)33-26(36)37-15-18-9-11-28-12-10-18/h1-12,16H,13,15H2,(H,31,34)(H2,29,32,35)(H,30,33,36). The molecule has 11 nitrogen and oxygen atoms in total. The van der Waals surface area contributed by atoms with Crippen LogP contribution >= 0.6 is 11.3 Å². The number of carbonyl (C=O) groups excluding carboxylic acids is 3. The van der Waals surface area contributed by atoms with Crippen LogP contribution in [0.5, 0.6) is 0 Å². The number of rotatable bonds is 8. The van der Waals surface area contributed by atoms with Crippen molar-refractivity contribution in [1.82, 2.24) is 9.97 Å². The van der Waals surface area contributed by atoms with Crippen LogP contribution in [-0.2, 0) is 22.6 Å². The fraction of sp³-hybridized carbons (Fsp3) is 0.0769. The molecule has 0 saturated heterocycles. The summed E-state index contributed by atoms with van der Waals surface area (Å²) in [6.07, 6.45) is 2.51. The maximum Gasteiger partial charge on any atom is 0.413 e. The number of aromatic nitrogens is 2. The van der Waals surface area contributed by atoms with E-state index < -0.39 is 12.1 Å². The van der Waals surface area contributed by atoms with E-state index in [4.69, 9.17) is 10.00 Å². The van der Waals surface area contributed by atoms with Crippen LogP contribution in [0.2, 0.25) is 0 Å². The van der Waals surface area contributed by atoms with Gasteiger partial charge in [-0.2, -0.15) is 5.26 Å². The molecule has 0 fully saturated rings. The number of thiazole rings is 1. The number of hydrogen-bond acceptors (Lipinski definition) is 8. The maximum atomic E-state index is 12.6. The number of hydrogen-bond donors (Lipinski definition) is 4. The minimum absolute atomic E-state index is 0.0456. The van der Waals surface area contributed by atoms with E-state index in [2.05, 4.69) is 31.2 Å². The normalized spacial score (nSPS) is 10.1. The van der Waals surface area contributed by atoms with Gasteiger partial charge in [0.05, 0.1) is 35.1 Å². The predicted octanol–water partition coefficient (Wildman–Crippen LogP) is 4.98. The Hall–Kier alpha value is -5.28. The van der Waals surface area contributed by atoms with Crippen molar-refractivity contribution in [2.75, 3.05) is 21.3 Å². The Morgan fingerprint density at radius 1 is 0.895 bits per heavy atom. The summed E-state index contributed by atoms with van der Waals surface area (Å²) in [6, 6.07) is 18.1. The molecule has 2 aromatic carbocycles. The molecule has 2 heterocycles. The number of pyridine rings is 1. The Morgan fingerprint density at radius 3 is 2.32 bits per heavy atom. The van der Waals surface area contributed by atoms with Crippen molar-refractivity contribution in [3.05, 3.63) is 95.3 Å². The van der Waals surface area contributed by atoms with Gasteiger partial charge in [0.2, 0.25) is 5.91 Å². The molecule has 38 heavy (non-hydrogen) atoms. The number of benzene rings is 2. The smallest absolute Gasteiger partial charge is 0.413 e. The van der Waals surface area contributed by atoms with Gasteiger partial charge in [0.15, 0.2) is 5.13 Å². The average Bonchev–Trinajstić information content (AvgIpc) is 3.35. The molecule has 0 aliphatic heterocycles. The van der Waals surface area contributed by atoms with E-state index in [0.29, 0.717) is 33.5 Å². The van der Waals surface area contributed by atoms with Crippen molar-refractivity contribution in [1.29, 1.82) is 5.26 Å². The summed E-state index contributed by atoms with van der Waals surface area (Å²) in [5, 5.41) is 21.5. The molecular weight excluding hydrogens is 506 g/mol. The van der Waals surface area contributed by atoms with Gasteiger partial charge < -0.3 is 20.7 Å². The van der Waals surface area contributed by atoms with Crippen molar-refractivity contribution >= 4 is 51.6 Å². The number of amides is 4. The minimum Gasteiger partial charge on any atom is -0.444 e. The third-order valence-corrected chi connectivity index (χ3v) is 5.75. The van der Waals surface area contributed by atoms with Gasteiger partial charge in [0.25, 0.3) is 0 Å². The monoisotopic (exact) mass is 527 g/mol. The lowest BCUT2D eigenvalue weighted by Crippen LogP contribution is -2.21. The predicted molar refractivity (Wildman–Crippen MR) is 143 cm³/mol. The van der Waals surface area contributed by atoms with Crippen LogP contribution in [0.4, 0.5) is 31.8 Å². The third-order valence-electron chi connectivity index (χ3n) is 4.94. The van der Waals surface area contributed by atoms with E-state index in [1.165, 1.54) is 11.3 Å².